The minimum Gasteiger partial charge on any atom is -0.474 e. The minimum atomic E-state index is -1.97. The second-order valence-corrected chi connectivity index (χ2v) is 14.7. The van der Waals surface area contributed by atoms with E-state index in [1.165, 1.54) is 0 Å². The van der Waals surface area contributed by atoms with Crippen molar-refractivity contribution in [3.05, 3.63) is 0 Å². The Labute approximate surface area is 165 Å². The third-order valence-electron chi connectivity index (χ3n) is 5.98. The van der Waals surface area contributed by atoms with Crippen molar-refractivity contribution >= 4 is 43.6 Å². The maximum absolute atomic E-state index is 12.5. The molecule has 9 heteroatoms. The molecule has 0 spiro atoms. The van der Waals surface area contributed by atoms with Crippen molar-refractivity contribution < 1.29 is 28.7 Å². The molecule has 1 N–H and O–H groups in total. The molecule has 2 rings (SSSR count). The van der Waals surface area contributed by atoms with Crippen molar-refractivity contribution in [2.24, 2.45) is 11.8 Å². The Kier molecular flexibility index (Phi) is 6.58. The number of amides is 2. The largest absolute Gasteiger partial charge is 0.474 e. The van der Waals surface area contributed by atoms with Gasteiger partial charge >= 0.3 is 11.9 Å². The topological polar surface area (TPSA) is 101 Å². The maximum atomic E-state index is 12.5. The molecule has 0 aromatic rings. The number of rotatable bonds is 5. The molecule has 0 aromatic heterocycles. The summed E-state index contributed by atoms with van der Waals surface area (Å²) in [6, 6.07) is -0.663. The lowest BCUT2D eigenvalue weighted by molar-refractivity contribution is -0.177. The second kappa shape index (κ2) is 8.04. The minimum absolute atomic E-state index is 0.00440. The van der Waals surface area contributed by atoms with Crippen LogP contribution in [0.25, 0.3) is 0 Å². The molecule has 2 saturated heterocycles. The van der Waals surface area contributed by atoms with Crippen molar-refractivity contribution in [2.75, 3.05) is 18.1 Å². The highest BCUT2D eigenvalue weighted by atomic mass is 32.2. The predicted octanol–water partition coefficient (Wildman–Crippen LogP) is 2.16. The quantitative estimate of drug-likeness (QED) is 0.417. The molecule has 7 nitrogen and oxygen atoms in total. The van der Waals surface area contributed by atoms with Crippen LogP contribution in [-0.4, -0.2) is 66.0 Å². The highest BCUT2D eigenvalue weighted by Gasteiger charge is 2.56. The maximum Gasteiger partial charge on any atom is 0.395 e. The molecule has 0 aromatic carbocycles. The summed E-state index contributed by atoms with van der Waals surface area (Å²) in [5.41, 5.74) is 0. The summed E-state index contributed by atoms with van der Waals surface area (Å²) in [5.74, 6) is -3.19. The molecule has 2 fully saturated rings. The van der Waals surface area contributed by atoms with Gasteiger partial charge in [-0.05, 0) is 24.6 Å². The predicted molar refractivity (Wildman–Crippen MR) is 105 cm³/mol. The van der Waals surface area contributed by atoms with Crippen LogP contribution in [0.3, 0.4) is 0 Å². The zero-order chi connectivity index (χ0) is 20.6. The fourth-order valence-corrected chi connectivity index (χ4v) is 5.48. The van der Waals surface area contributed by atoms with Crippen LogP contribution in [0.15, 0.2) is 0 Å². The fourth-order valence-electron chi connectivity index (χ4n) is 3.27. The summed E-state index contributed by atoms with van der Waals surface area (Å²) < 4.78 is 6.13. The number of carbonyl (C=O) groups is 4. The number of hydrogen-bond donors (Lipinski definition) is 1. The number of thioether (sulfide) groups is 1. The van der Waals surface area contributed by atoms with Gasteiger partial charge in [-0.25, -0.2) is 4.79 Å². The zero-order valence-electron chi connectivity index (χ0n) is 16.6. The van der Waals surface area contributed by atoms with Gasteiger partial charge in [0.05, 0.1) is 12.0 Å². The SMILES string of the molecule is CC(C)(C)[Si](C)(C)OCC[C@@H]1C(=O)N(C(=O)C(=O)O)[C@@H]1[C@H]1CSCCC1=O. The van der Waals surface area contributed by atoms with Gasteiger partial charge in [0.2, 0.25) is 5.91 Å². The average Bonchev–Trinajstić information content (AvgIpc) is 2.55. The highest BCUT2D eigenvalue weighted by molar-refractivity contribution is 7.99. The molecule has 0 radical (unpaired) electrons. The van der Waals surface area contributed by atoms with Crippen molar-refractivity contribution in [1.29, 1.82) is 0 Å². The molecular formula is C18H29NO6SSi. The van der Waals surface area contributed by atoms with Crippen molar-refractivity contribution in [3.8, 4) is 0 Å². The standard InChI is InChI=1S/C18H29NO6SSi/c1-18(2,3)27(4,5)25-8-6-11-14(12-10-26-9-7-13(12)20)19(15(11)21)16(22)17(23)24/h11-12,14H,6-10H2,1-5H3,(H,23,24)/t11-,12-,14-/m0/s1. The number of nitrogens with zero attached hydrogens (tertiary/aromatic N) is 1. The van der Waals surface area contributed by atoms with E-state index >= 15 is 0 Å². The Morgan fingerprint density at radius 1 is 1.30 bits per heavy atom. The van der Waals surface area contributed by atoms with Gasteiger partial charge in [0.1, 0.15) is 5.78 Å². The van der Waals surface area contributed by atoms with Gasteiger partial charge in [0.15, 0.2) is 8.32 Å². The van der Waals surface area contributed by atoms with E-state index in [1.54, 1.807) is 11.8 Å². The number of imide groups is 1. The third kappa shape index (κ3) is 4.46. The molecule has 0 unspecified atom stereocenters. The lowest BCUT2D eigenvalue weighted by Gasteiger charge is -2.49. The van der Waals surface area contributed by atoms with E-state index in [4.69, 9.17) is 9.53 Å². The zero-order valence-corrected chi connectivity index (χ0v) is 18.4. The van der Waals surface area contributed by atoms with E-state index in [-0.39, 0.29) is 10.8 Å². The van der Waals surface area contributed by atoms with E-state index in [2.05, 4.69) is 33.9 Å². The van der Waals surface area contributed by atoms with Gasteiger partial charge in [-0.3, -0.25) is 19.3 Å². The van der Waals surface area contributed by atoms with Gasteiger partial charge in [0.25, 0.3) is 0 Å². The third-order valence-corrected chi connectivity index (χ3v) is 11.6. The number of ketones is 1. The number of carboxylic acid groups (broad SMARTS) is 1. The molecule has 0 saturated carbocycles. The molecule has 152 valence electrons. The summed E-state index contributed by atoms with van der Waals surface area (Å²) in [4.78, 5) is 48.7. The number of hydrogen-bond acceptors (Lipinski definition) is 6. The Morgan fingerprint density at radius 3 is 2.44 bits per heavy atom. The van der Waals surface area contributed by atoms with E-state index in [0.29, 0.717) is 25.2 Å². The second-order valence-electron chi connectivity index (χ2n) is 8.71. The first-order valence-electron chi connectivity index (χ1n) is 9.23. The molecule has 2 aliphatic rings. The summed E-state index contributed by atoms with van der Waals surface area (Å²) in [7, 11) is -1.97. The Balaban J connectivity index is 2.12. The molecule has 2 heterocycles. The normalized spacial score (nSPS) is 26.7. The monoisotopic (exact) mass is 415 g/mol. The van der Waals surface area contributed by atoms with Crippen molar-refractivity contribution in [3.63, 3.8) is 0 Å². The van der Waals surface area contributed by atoms with Gasteiger partial charge in [0, 0.05) is 30.5 Å². The molecule has 0 aliphatic carbocycles. The lowest BCUT2D eigenvalue weighted by Crippen LogP contribution is -2.68. The van der Waals surface area contributed by atoms with E-state index in [1.807, 2.05) is 0 Å². The number of likely N-dealkylation sites (tertiary alicyclic amines) is 1. The first kappa shape index (κ1) is 22.1. The smallest absolute Gasteiger partial charge is 0.395 e. The van der Waals surface area contributed by atoms with Gasteiger partial charge in [-0.2, -0.15) is 11.8 Å². The Bertz CT molecular complexity index is 644. The van der Waals surface area contributed by atoms with Crippen LogP contribution in [0.4, 0.5) is 0 Å². The van der Waals surface area contributed by atoms with E-state index in [0.717, 1.165) is 10.7 Å². The van der Waals surface area contributed by atoms with Crippen LogP contribution in [0.1, 0.15) is 33.6 Å². The van der Waals surface area contributed by atoms with E-state index in [9.17, 15) is 19.2 Å². The molecule has 27 heavy (non-hydrogen) atoms. The van der Waals surface area contributed by atoms with Gasteiger partial charge < -0.3 is 9.53 Å². The van der Waals surface area contributed by atoms with Crippen LogP contribution >= 0.6 is 11.8 Å². The summed E-state index contributed by atoms with van der Waals surface area (Å²) in [6.45, 7) is 11.0. The molecule has 3 atom stereocenters. The van der Waals surface area contributed by atoms with Crippen LogP contribution in [-0.2, 0) is 23.6 Å². The molecular weight excluding hydrogens is 386 g/mol. The van der Waals surface area contributed by atoms with Crippen LogP contribution in [0.2, 0.25) is 18.1 Å². The number of carboxylic acids is 1. The van der Waals surface area contributed by atoms with E-state index < -0.39 is 44.0 Å². The fraction of sp³-hybridized carbons (Fsp3) is 0.778. The van der Waals surface area contributed by atoms with Crippen LogP contribution < -0.4 is 0 Å². The average molecular weight is 416 g/mol. The Morgan fingerprint density at radius 2 is 1.93 bits per heavy atom. The number of carbonyl (C=O) groups excluding carboxylic acids is 3. The Hall–Kier alpha value is -1.19. The molecule has 0 bridgehead atoms. The number of β-lactam (4-membered cyclic amide) rings is 1. The van der Waals surface area contributed by atoms with Crippen LogP contribution in [0, 0.1) is 11.8 Å². The number of aliphatic carboxylic acids is 1. The summed E-state index contributed by atoms with van der Waals surface area (Å²) in [5, 5.41) is 9.06. The van der Waals surface area contributed by atoms with Crippen molar-refractivity contribution in [1.82, 2.24) is 4.90 Å². The first-order chi connectivity index (χ1) is 12.4. The lowest BCUT2D eigenvalue weighted by atomic mass is 9.75. The van der Waals surface area contributed by atoms with Gasteiger partial charge in [-0.15, -0.1) is 0 Å². The first-order valence-corrected chi connectivity index (χ1v) is 13.3. The summed E-state index contributed by atoms with van der Waals surface area (Å²) >= 11 is 1.60. The summed E-state index contributed by atoms with van der Waals surface area (Å²) in [6.07, 6.45) is 0.788. The highest BCUT2D eigenvalue weighted by Crippen LogP contribution is 2.40. The number of Topliss-reactive ketones (excluding diaryl/α,β-unsaturated/α-hetero) is 1. The van der Waals surface area contributed by atoms with Gasteiger partial charge in [-0.1, -0.05) is 20.8 Å². The molecule has 2 amide bonds. The molecule has 2 aliphatic heterocycles. The van der Waals surface area contributed by atoms with Crippen molar-refractivity contribution in [2.45, 2.75) is 57.8 Å². The van der Waals surface area contributed by atoms with Crippen LogP contribution in [0.5, 0.6) is 0 Å².